The molecule has 29 heavy (non-hydrogen) atoms. The second kappa shape index (κ2) is 9.02. The minimum absolute atomic E-state index is 0. The van der Waals surface area contributed by atoms with Gasteiger partial charge in [-0.2, -0.15) is 13.2 Å². The molecule has 0 saturated heterocycles. The highest BCUT2D eigenvalue weighted by Crippen LogP contribution is 2.42. The van der Waals surface area contributed by atoms with Crippen molar-refractivity contribution in [3.8, 4) is 0 Å². The van der Waals surface area contributed by atoms with Crippen LogP contribution in [0.2, 0.25) is 0 Å². The number of nitrogens with one attached hydrogen (secondary N) is 1. The van der Waals surface area contributed by atoms with Crippen LogP contribution in [0.25, 0.3) is 5.76 Å². The molecule has 2 bridgehead atoms. The van der Waals surface area contributed by atoms with Gasteiger partial charge in [0.25, 0.3) is 5.69 Å². The van der Waals surface area contributed by atoms with Crippen LogP contribution in [0.3, 0.4) is 0 Å². The molecule has 1 aromatic heterocycles. The van der Waals surface area contributed by atoms with Crippen LogP contribution in [0.1, 0.15) is 36.2 Å². The van der Waals surface area contributed by atoms with E-state index in [-0.39, 0.29) is 54.0 Å². The average Bonchev–Trinajstić information content (AvgIpc) is 3.10. The SMILES string of the molecule is COCCOCc1[nH+]c(C(F)(F)F)ccc1C(O)=C1C(=O)C2CCC(C2)C1=O.[OH-]. The summed E-state index contributed by atoms with van der Waals surface area (Å²) >= 11 is 0. The lowest BCUT2D eigenvalue weighted by Gasteiger charge is -2.20. The van der Waals surface area contributed by atoms with Crippen molar-refractivity contribution >= 4 is 17.3 Å². The highest BCUT2D eigenvalue weighted by molar-refractivity contribution is 6.27. The third-order valence-corrected chi connectivity index (χ3v) is 5.17. The van der Waals surface area contributed by atoms with Crippen molar-refractivity contribution in [3.05, 3.63) is 34.7 Å². The van der Waals surface area contributed by atoms with Gasteiger partial charge in [0.15, 0.2) is 11.6 Å². The first-order chi connectivity index (χ1) is 13.2. The lowest BCUT2D eigenvalue weighted by Crippen LogP contribution is -2.31. The molecule has 2 fully saturated rings. The van der Waals surface area contributed by atoms with Crippen LogP contribution in [-0.2, 0) is 31.8 Å². The molecule has 0 spiro atoms. The number of aliphatic hydroxyl groups is 1. The Labute approximate surface area is 164 Å². The van der Waals surface area contributed by atoms with E-state index >= 15 is 0 Å². The number of methoxy groups -OCH3 is 1. The largest absolute Gasteiger partial charge is 0.870 e. The van der Waals surface area contributed by atoms with Crippen LogP contribution in [0.5, 0.6) is 0 Å². The second-order valence-electron chi connectivity index (χ2n) is 6.97. The normalized spacial score (nSPS) is 21.3. The number of aliphatic hydroxyl groups excluding tert-OH is 1. The third kappa shape index (κ3) is 4.65. The van der Waals surface area contributed by atoms with E-state index in [9.17, 15) is 27.9 Å². The molecule has 3 N–H and O–H groups in total. The molecule has 7 nitrogen and oxygen atoms in total. The fraction of sp³-hybridized carbons (Fsp3) is 0.526. The van der Waals surface area contributed by atoms with Gasteiger partial charge in [-0.05, 0) is 25.3 Å². The molecular weight excluding hydrogens is 395 g/mol. The maximum Gasteiger partial charge on any atom is 0.477 e. The first-order valence-corrected chi connectivity index (χ1v) is 8.95. The van der Waals surface area contributed by atoms with Crippen LogP contribution in [-0.4, -0.2) is 42.5 Å². The van der Waals surface area contributed by atoms with Crippen LogP contribution in [0, 0.1) is 11.8 Å². The third-order valence-electron chi connectivity index (χ3n) is 5.17. The van der Waals surface area contributed by atoms with Crippen LogP contribution in [0.15, 0.2) is 17.7 Å². The first kappa shape index (κ1) is 23.0. The molecule has 2 unspecified atom stereocenters. The molecule has 0 radical (unpaired) electrons. The minimum Gasteiger partial charge on any atom is -0.870 e. The topological polar surface area (TPSA) is 117 Å². The number of hydrogen-bond donors (Lipinski definition) is 1. The Morgan fingerprint density at radius 2 is 1.79 bits per heavy atom. The van der Waals surface area contributed by atoms with E-state index in [0.29, 0.717) is 19.3 Å². The number of aromatic nitrogens is 1. The van der Waals surface area contributed by atoms with Crippen molar-refractivity contribution in [2.75, 3.05) is 20.3 Å². The van der Waals surface area contributed by atoms with Crippen molar-refractivity contribution in [3.63, 3.8) is 0 Å². The molecule has 160 valence electrons. The molecule has 1 aromatic rings. The Kier molecular flexibility index (Phi) is 7.15. The fourth-order valence-corrected chi connectivity index (χ4v) is 3.71. The standard InChI is InChI=1S/C19H20F3NO5.H2O/c1-27-6-7-28-9-13-12(4-5-14(23-13)19(20,21)22)18(26)15-16(24)10-2-3-11(8-10)17(15)25;/h4-5,10-11,26H,2-3,6-9H2,1H3;1H2. The van der Waals surface area contributed by atoms with Crippen LogP contribution in [0.4, 0.5) is 13.2 Å². The number of H-pyrrole nitrogens is 1. The van der Waals surface area contributed by atoms with E-state index in [1.807, 2.05) is 0 Å². The first-order valence-electron chi connectivity index (χ1n) is 8.95. The highest BCUT2D eigenvalue weighted by Gasteiger charge is 2.46. The number of carbonyl (C=O) groups excluding carboxylic acids is 2. The molecule has 1 heterocycles. The smallest absolute Gasteiger partial charge is 0.477 e. The summed E-state index contributed by atoms with van der Waals surface area (Å²) in [6.45, 7) is 0.0796. The quantitative estimate of drug-likeness (QED) is 0.329. The van der Waals surface area contributed by atoms with Crippen molar-refractivity contribution in [2.45, 2.75) is 32.0 Å². The van der Waals surface area contributed by atoms with Crippen molar-refractivity contribution < 1.29 is 47.8 Å². The van der Waals surface area contributed by atoms with Gasteiger partial charge in [0.05, 0.1) is 18.8 Å². The zero-order chi connectivity index (χ0) is 20.5. The molecule has 3 rings (SSSR count). The number of alkyl halides is 3. The number of ketones is 2. The molecule has 2 atom stereocenters. The van der Waals surface area contributed by atoms with Gasteiger partial charge in [0.2, 0.25) is 5.69 Å². The zero-order valence-corrected chi connectivity index (χ0v) is 15.7. The number of hydrogen-bond acceptors (Lipinski definition) is 6. The zero-order valence-electron chi connectivity index (χ0n) is 15.7. The van der Waals surface area contributed by atoms with E-state index in [4.69, 9.17) is 9.47 Å². The molecule has 2 aliphatic rings. The number of ether oxygens (including phenoxy) is 2. The van der Waals surface area contributed by atoms with Gasteiger partial charge in [-0.15, -0.1) is 0 Å². The molecule has 2 saturated carbocycles. The molecule has 2 aliphatic carbocycles. The summed E-state index contributed by atoms with van der Waals surface area (Å²) < 4.78 is 49.3. The maximum absolute atomic E-state index is 13.1. The fourth-order valence-electron chi connectivity index (χ4n) is 3.71. The Bertz CT molecular complexity index is 797. The van der Waals surface area contributed by atoms with Crippen molar-refractivity contribution in [2.24, 2.45) is 11.8 Å². The lowest BCUT2D eigenvalue weighted by atomic mass is 9.81. The number of aromatic amines is 1. The average molecular weight is 417 g/mol. The number of pyridine rings is 1. The summed E-state index contributed by atoms with van der Waals surface area (Å²) in [5, 5.41) is 10.7. The Hall–Kier alpha value is -2.30. The summed E-state index contributed by atoms with van der Waals surface area (Å²) in [6, 6.07) is 1.81. The summed E-state index contributed by atoms with van der Waals surface area (Å²) in [5.74, 6) is -2.12. The van der Waals surface area contributed by atoms with E-state index in [1.165, 1.54) is 7.11 Å². The summed E-state index contributed by atoms with van der Waals surface area (Å²) in [7, 11) is 1.45. The second-order valence-corrected chi connectivity index (χ2v) is 6.97. The van der Waals surface area contributed by atoms with Gasteiger partial charge in [-0.3, -0.25) is 9.59 Å². The number of halogens is 3. The molecule has 0 amide bonds. The Morgan fingerprint density at radius 3 is 2.34 bits per heavy atom. The molecule has 10 heteroatoms. The highest BCUT2D eigenvalue weighted by atomic mass is 19.4. The number of allylic oxidation sites excluding steroid dienone is 1. The predicted octanol–water partition coefficient (Wildman–Crippen LogP) is 2.34. The monoisotopic (exact) mass is 417 g/mol. The predicted molar refractivity (Wildman–Crippen MR) is 91.9 cm³/mol. The van der Waals surface area contributed by atoms with Gasteiger partial charge in [0.1, 0.15) is 17.9 Å². The van der Waals surface area contributed by atoms with Gasteiger partial charge >= 0.3 is 6.18 Å². The maximum atomic E-state index is 13.1. The summed E-state index contributed by atoms with van der Waals surface area (Å²) in [5.41, 5.74) is -1.47. The number of rotatable bonds is 6. The Balaban J connectivity index is 0.00000300. The minimum atomic E-state index is -4.63. The van der Waals surface area contributed by atoms with E-state index in [1.54, 1.807) is 0 Å². The van der Waals surface area contributed by atoms with E-state index < -0.39 is 29.2 Å². The summed E-state index contributed by atoms with van der Waals surface area (Å²) in [6.07, 6.45) is -2.99. The van der Waals surface area contributed by atoms with Crippen LogP contribution < -0.4 is 4.98 Å². The van der Waals surface area contributed by atoms with Crippen molar-refractivity contribution in [1.82, 2.24) is 0 Å². The molecular formula is C19H22F3NO6. The van der Waals surface area contributed by atoms with E-state index in [0.717, 1.165) is 12.1 Å². The number of Topliss-reactive ketones (excluding diaryl/α,β-unsaturated/α-hetero) is 2. The van der Waals surface area contributed by atoms with Gasteiger partial charge in [-0.25, -0.2) is 4.98 Å². The van der Waals surface area contributed by atoms with E-state index in [2.05, 4.69) is 4.98 Å². The molecule has 0 aliphatic heterocycles. The number of fused-ring (bicyclic) bond motifs is 2. The lowest BCUT2D eigenvalue weighted by molar-refractivity contribution is -0.440. The van der Waals surface area contributed by atoms with Gasteiger partial charge in [-0.1, -0.05) is 0 Å². The van der Waals surface area contributed by atoms with Gasteiger partial charge in [0, 0.05) is 25.0 Å². The molecule has 0 aromatic carbocycles. The summed E-state index contributed by atoms with van der Waals surface area (Å²) in [4.78, 5) is 27.3. The van der Waals surface area contributed by atoms with Crippen LogP contribution >= 0.6 is 0 Å². The van der Waals surface area contributed by atoms with Crippen molar-refractivity contribution in [1.29, 1.82) is 0 Å². The number of carbonyl (C=O) groups is 2. The Morgan fingerprint density at radius 1 is 1.17 bits per heavy atom. The van der Waals surface area contributed by atoms with Gasteiger partial charge < -0.3 is 20.1 Å².